The van der Waals surface area contributed by atoms with Gasteiger partial charge in [0.25, 0.3) is 0 Å². The van der Waals surface area contributed by atoms with Crippen molar-refractivity contribution in [2.45, 2.75) is 31.7 Å². The number of carboxylic acids is 2. The van der Waals surface area contributed by atoms with Crippen LogP contribution < -0.4 is 10.6 Å². The SMILES string of the molecule is CN1CCC(CCNC(=O)N[C@@H](CC(=O)O)C(=O)O)CC1. The summed E-state index contributed by atoms with van der Waals surface area (Å²) >= 11 is 0. The van der Waals surface area contributed by atoms with Crippen molar-refractivity contribution in [2.75, 3.05) is 26.7 Å². The van der Waals surface area contributed by atoms with Crippen molar-refractivity contribution in [3.05, 3.63) is 0 Å². The lowest BCUT2D eigenvalue weighted by molar-refractivity contribution is -0.145. The molecule has 0 aromatic carbocycles. The predicted molar refractivity (Wildman–Crippen MR) is 75.0 cm³/mol. The molecule has 0 unspecified atom stereocenters. The van der Waals surface area contributed by atoms with Gasteiger partial charge in [0.1, 0.15) is 6.04 Å². The van der Waals surface area contributed by atoms with E-state index in [-0.39, 0.29) is 0 Å². The molecule has 1 atom stereocenters. The maximum atomic E-state index is 11.5. The van der Waals surface area contributed by atoms with E-state index in [4.69, 9.17) is 10.2 Å². The largest absolute Gasteiger partial charge is 0.481 e. The van der Waals surface area contributed by atoms with Gasteiger partial charge in [0.2, 0.25) is 0 Å². The Hall–Kier alpha value is -1.83. The number of urea groups is 1. The lowest BCUT2D eigenvalue weighted by Gasteiger charge is -2.28. The second-order valence-corrected chi connectivity index (χ2v) is 5.42. The number of nitrogens with zero attached hydrogens (tertiary/aromatic N) is 1. The van der Waals surface area contributed by atoms with Crippen LogP contribution in [-0.4, -0.2) is 65.8 Å². The molecule has 0 spiro atoms. The summed E-state index contributed by atoms with van der Waals surface area (Å²) in [5.41, 5.74) is 0. The van der Waals surface area contributed by atoms with Gasteiger partial charge in [-0.15, -0.1) is 0 Å². The lowest BCUT2D eigenvalue weighted by Crippen LogP contribution is -2.47. The van der Waals surface area contributed by atoms with E-state index in [1.807, 2.05) is 0 Å². The quantitative estimate of drug-likeness (QED) is 0.523. The van der Waals surface area contributed by atoms with Crippen molar-refractivity contribution in [3.63, 3.8) is 0 Å². The fourth-order valence-corrected chi connectivity index (χ4v) is 2.32. The Bertz CT molecular complexity index is 380. The van der Waals surface area contributed by atoms with Crippen molar-refractivity contribution in [2.24, 2.45) is 5.92 Å². The number of amides is 2. The second-order valence-electron chi connectivity index (χ2n) is 5.42. The summed E-state index contributed by atoms with van der Waals surface area (Å²) in [5, 5.41) is 22.1. The molecule has 21 heavy (non-hydrogen) atoms. The Morgan fingerprint density at radius 1 is 1.24 bits per heavy atom. The summed E-state index contributed by atoms with van der Waals surface area (Å²) in [6.45, 7) is 2.56. The minimum atomic E-state index is -1.41. The molecule has 0 aromatic heterocycles. The van der Waals surface area contributed by atoms with Crippen LogP contribution in [-0.2, 0) is 9.59 Å². The van der Waals surface area contributed by atoms with Gasteiger partial charge in [0, 0.05) is 6.54 Å². The molecular weight excluding hydrogens is 278 g/mol. The second kappa shape index (κ2) is 8.46. The molecule has 8 heteroatoms. The van der Waals surface area contributed by atoms with Crippen molar-refractivity contribution < 1.29 is 24.6 Å². The molecule has 8 nitrogen and oxygen atoms in total. The van der Waals surface area contributed by atoms with Crippen LogP contribution in [0.5, 0.6) is 0 Å². The molecule has 1 aliphatic rings. The van der Waals surface area contributed by atoms with Crippen molar-refractivity contribution in [3.8, 4) is 0 Å². The molecule has 120 valence electrons. The van der Waals surface area contributed by atoms with E-state index < -0.39 is 30.4 Å². The number of carbonyl (C=O) groups excluding carboxylic acids is 1. The number of hydrogen-bond donors (Lipinski definition) is 4. The summed E-state index contributed by atoms with van der Waals surface area (Å²) in [6.07, 6.45) is 2.39. The van der Waals surface area contributed by atoms with Gasteiger partial charge in [0.15, 0.2) is 0 Å². The van der Waals surface area contributed by atoms with Crippen LogP contribution >= 0.6 is 0 Å². The van der Waals surface area contributed by atoms with Crippen molar-refractivity contribution >= 4 is 18.0 Å². The van der Waals surface area contributed by atoms with Crippen LogP contribution in [0.3, 0.4) is 0 Å². The minimum Gasteiger partial charge on any atom is -0.481 e. The molecule has 4 N–H and O–H groups in total. The van der Waals surface area contributed by atoms with Crippen LogP contribution in [0.1, 0.15) is 25.7 Å². The standard InChI is InChI=1S/C13H23N3O5/c1-16-6-3-9(4-7-16)2-5-14-13(21)15-10(12(19)20)8-11(17)18/h9-10H,2-8H2,1H3,(H,17,18)(H,19,20)(H2,14,15,21)/t10-/m0/s1. The number of likely N-dealkylation sites (tertiary alicyclic amines) is 1. The summed E-state index contributed by atoms with van der Waals surface area (Å²) in [5.74, 6) is -2.06. The molecule has 1 fully saturated rings. The highest BCUT2D eigenvalue weighted by molar-refractivity contribution is 5.86. The molecule has 0 bridgehead atoms. The lowest BCUT2D eigenvalue weighted by atomic mass is 9.94. The third-order valence-electron chi connectivity index (χ3n) is 3.66. The molecule has 1 aliphatic heterocycles. The highest BCUT2D eigenvalue weighted by Gasteiger charge is 2.23. The molecule has 1 saturated heterocycles. The normalized spacial score (nSPS) is 18.0. The van der Waals surface area contributed by atoms with Gasteiger partial charge in [-0.25, -0.2) is 9.59 Å². The van der Waals surface area contributed by atoms with E-state index in [0.29, 0.717) is 12.5 Å². The summed E-state index contributed by atoms with van der Waals surface area (Å²) in [7, 11) is 2.08. The molecule has 0 aromatic rings. The number of rotatable bonds is 7. The number of hydrogen-bond acceptors (Lipinski definition) is 4. The van der Waals surface area contributed by atoms with Gasteiger partial charge in [-0.2, -0.15) is 0 Å². The molecule has 1 heterocycles. The molecule has 0 aliphatic carbocycles. The molecule has 2 amide bonds. The van der Waals surface area contributed by atoms with Gasteiger partial charge in [-0.05, 0) is 45.3 Å². The number of aliphatic carboxylic acids is 2. The maximum Gasteiger partial charge on any atom is 0.326 e. The maximum absolute atomic E-state index is 11.5. The first-order valence-corrected chi connectivity index (χ1v) is 7.06. The third-order valence-corrected chi connectivity index (χ3v) is 3.66. The van der Waals surface area contributed by atoms with E-state index in [9.17, 15) is 14.4 Å². The van der Waals surface area contributed by atoms with Crippen LogP contribution in [0, 0.1) is 5.92 Å². The Morgan fingerprint density at radius 2 is 1.86 bits per heavy atom. The van der Waals surface area contributed by atoms with Crippen molar-refractivity contribution in [1.29, 1.82) is 0 Å². The zero-order valence-corrected chi connectivity index (χ0v) is 12.2. The molecule has 1 rings (SSSR count). The van der Waals surface area contributed by atoms with Crippen LogP contribution in [0.4, 0.5) is 4.79 Å². The number of piperidine rings is 1. The Balaban J connectivity index is 2.23. The predicted octanol–water partition coefficient (Wildman–Crippen LogP) is -0.0546. The van der Waals surface area contributed by atoms with Crippen LogP contribution in [0.25, 0.3) is 0 Å². The first kappa shape index (κ1) is 17.2. The smallest absolute Gasteiger partial charge is 0.326 e. The number of carbonyl (C=O) groups is 3. The molecular formula is C13H23N3O5. The van der Waals surface area contributed by atoms with Gasteiger partial charge < -0.3 is 25.7 Å². The van der Waals surface area contributed by atoms with Gasteiger partial charge in [0.05, 0.1) is 6.42 Å². The van der Waals surface area contributed by atoms with E-state index >= 15 is 0 Å². The average Bonchev–Trinajstić information content (AvgIpc) is 2.39. The molecule has 0 radical (unpaired) electrons. The fraction of sp³-hybridized carbons (Fsp3) is 0.769. The average molecular weight is 301 g/mol. The van der Waals surface area contributed by atoms with E-state index in [0.717, 1.165) is 32.4 Å². The fourth-order valence-electron chi connectivity index (χ4n) is 2.32. The summed E-state index contributed by atoms with van der Waals surface area (Å²) in [4.78, 5) is 35.1. The first-order valence-electron chi connectivity index (χ1n) is 7.06. The summed E-state index contributed by atoms with van der Waals surface area (Å²) in [6, 6.07) is -2.05. The Kier molecular flexibility index (Phi) is 6.93. The topological polar surface area (TPSA) is 119 Å². The Morgan fingerprint density at radius 3 is 2.38 bits per heavy atom. The zero-order valence-electron chi connectivity index (χ0n) is 12.2. The van der Waals surface area contributed by atoms with E-state index in [2.05, 4.69) is 22.6 Å². The monoisotopic (exact) mass is 301 g/mol. The first-order chi connectivity index (χ1) is 9.88. The van der Waals surface area contributed by atoms with Crippen LogP contribution in [0.15, 0.2) is 0 Å². The minimum absolute atomic E-state index is 0.458. The highest BCUT2D eigenvalue weighted by Crippen LogP contribution is 2.18. The number of carboxylic acid groups (broad SMARTS) is 2. The van der Waals surface area contributed by atoms with Crippen LogP contribution in [0.2, 0.25) is 0 Å². The zero-order chi connectivity index (χ0) is 15.8. The highest BCUT2D eigenvalue weighted by atomic mass is 16.4. The van der Waals surface area contributed by atoms with Crippen molar-refractivity contribution in [1.82, 2.24) is 15.5 Å². The number of nitrogens with one attached hydrogen (secondary N) is 2. The van der Waals surface area contributed by atoms with E-state index in [1.165, 1.54) is 0 Å². The molecule has 0 saturated carbocycles. The third kappa shape index (κ3) is 6.94. The summed E-state index contributed by atoms with van der Waals surface area (Å²) < 4.78 is 0. The van der Waals surface area contributed by atoms with E-state index in [1.54, 1.807) is 0 Å². The Labute approximate surface area is 123 Å². The van der Waals surface area contributed by atoms with Gasteiger partial charge in [-0.1, -0.05) is 0 Å². The van der Waals surface area contributed by atoms with Gasteiger partial charge in [-0.3, -0.25) is 4.79 Å². The van der Waals surface area contributed by atoms with Gasteiger partial charge >= 0.3 is 18.0 Å².